The van der Waals surface area contributed by atoms with Gasteiger partial charge in [-0.2, -0.15) is 0 Å². The molecule has 3 aliphatic carbocycles. The molecule has 0 aromatic heterocycles. The van der Waals surface area contributed by atoms with Crippen molar-refractivity contribution in [2.45, 2.75) is 71.8 Å². The predicted octanol–water partition coefficient (Wildman–Crippen LogP) is 3.69. The summed E-state index contributed by atoms with van der Waals surface area (Å²) in [6.07, 6.45) is 9.52. The van der Waals surface area contributed by atoms with Gasteiger partial charge in [-0.15, -0.1) is 0 Å². The van der Waals surface area contributed by atoms with E-state index in [1.54, 1.807) is 0 Å². The first-order valence-corrected chi connectivity index (χ1v) is 9.09. The summed E-state index contributed by atoms with van der Waals surface area (Å²) in [5.74, 6) is 0.721. The van der Waals surface area contributed by atoms with Crippen LogP contribution in [0.2, 0.25) is 0 Å². The van der Waals surface area contributed by atoms with Crippen LogP contribution in [0.15, 0.2) is 11.6 Å². The maximum absolute atomic E-state index is 12.2. The second-order valence-corrected chi connectivity index (χ2v) is 9.07. The third-order valence-corrected chi connectivity index (χ3v) is 7.62. The van der Waals surface area contributed by atoms with Crippen molar-refractivity contribution in [1.82, 2.24) is 0 Å². The Labute approximate surface area is 139 Å². The number of hydrogen-bond acceptors (Lipinski definition) is 3. The Balaban J connectivity index is 2.08. The van der Waals surface area contributed by atoms with Crippen molar-refractivity contribution >= 4 is 12.6 Å². The highest BCUT2D eigenvalue weighted by atomic mass is 16.3. The van der Waals surface area contributed by atoms with Gasteiger partial charge in [0.25, 0.3) is 0 Å². The molecule has 2 fully saturated rings. The molecule has 0 spiro atoms. The van der Waals surface area contributed by atoms with Gasteiger partial charge in [0.05, 0.1) is 11.5 Å². The van der Waals surface area contributed by atoms with Crippen molar-refractivity contribution in [3.05, 3.63) is 11.6 Å². The van der Waals surface area contributed by atoms with Crippen molar-refractivity contribution in [2.75, 3.05) is 0 Å². The molecule has 0 aliphatic heterocycles. The van der Waals surface area contributed by atoms with Crippen LogP contribution < -0.4 is 0 Å². The highest BCUT2D eigenvalue weighted by Crippen LogP contribution is 2.66. The maximum atomic E-state index is 12.2. The van der Waals surface area contributed by atoms with E-state index in [-0.39, 0.29) is 16.7 Å². The van der Waals surface area contributed by atoms with E-state index in [1.807, 2.05) is 6.08 Å². The van der Waals surface area contributed by atoms with Crippen LogP contribution in [0.5, 0.6) is 0 Å². The minimum absolute atomic E-state index is 0.0662. The summed E-state index contributed by atoms with van der Waals surface area (Å²) in [5, 5.41) is 10.8. The Hall–Kier alpha value is -0.960. The van der Waals surface area contributed by atoms with Crippen LogP contribution in [0.25, 0.3) is 0 Å². The number of aliphatic hydroxyl groups is 1. The van der Waals surface area contributed by atoms with E-state index >= 15 is 0 Å². The number of carbonyl (C=O) groups excluding carboxylic acids is 2. The van der Waals surface area contributed by atoms with E-state index in [1.165, 1.54) is 12.8 Å². The monoisotopic (exact) mass is 318 g/mol. The first kappa shape index (κ1) is 16.9. The maximum Gasteiger partial charge on any atom is 0.145 e. The van der Waals surface area contributed by atoms with Crippen molar-refractivity contribution < 1.29 is 14.7 Å². The molecule has 0 amide bonds. The van der Waals surface area contributed by atoms with E-state index in [0.29, 0.717) is 17.9 Å². The van der Waals surface area contributed by atoms with Gasteiger partial charge in [-0.1, -0.05) is 33.3 Å². The first-order chi connectivity index (χ1) is 10.8. The number of fused-ring (bicyclic) bond motifs is 3. The molecule has 3 nitrogen and oxygen atoms in total. The van der Waals surface area contributed by atoms with Crippen molar-refractivity contribution in [3.63, 3.8) is 0 Å². The molecule has 5 atom stereocenters. The molecule has 2 unspecified atom stereocenters. The van der Waals surface area contributed by atoms with E-state index in [9.17, 15) is 14.7 Å². The Bertz CT molecular complexity index is 535. The summed E-state index contributed by atoms with van der Waals surface area (Å²) in [5.41, 5.74) is 0.330. The van der Waals surface area contributed by atoms with Crippen molar-refractivity contribution in [3.8, 4) is 0 Å². The zero-order valence-corrected chi connectivity index (χ0v) is 14.7. The Kier molecular flexibility index (Phi) is 4.07. The molecule has 0 aromatic rings. The van der Waals surface area contributed by atoms with Crippen LogP contribution in [0.1, 0.15) is 65.7 Å². The van der Waals surface area contributed by atoms with Gasteiger partial charge in [0.2, 0.25) is 0 Å². The highest BCUT2D eigenvalue weighted by Gasteiger charge is 2.61. The van der Waals surface area contributed by atoms with Gasteiger partial charge in [0.15, 0.2) is 0 Å². The van der Waals surface area contributed by atoms with Crippen LogP contribution in [-0.4, -0.2) is 23.8 Å². The van der Waals surface area contributed by atoms with Crippen LogP contribution in [0, 0.1) is 28.1 Å². The second-order valence-electron chi connectivity index (χ2n) is 9.07. The average molecular weight is 318 g/mol. The molecule has 0 heterocycles. The van der Waals surface area contributed by atoms with E-state index in [4.69, 9.17) is 0 Å². The molecular formula is C20H30O3. The molecule has 0 radical (unpaired) electrons. The standard InChI is InChI=1S/C20H30O3/c1-18(2)8-4-9-19(3)15(18)7-10-20(13-22)16(19)6-5-14(12-21)11-17(20)23/h5,12-13,15-17,23H,4,6-11H2,1-3H3/t15?,16?,17-,19+,20+/m1/s1. The summed E-state index contributed by atoms with van der Waals surface area (Å²) in [4.78, 5) is 23.4. The lowest BCUT2D eigenvalue weighted by Crippen LogP contribution is -2.59. The highest BCUT2D eigenvalue weighted by molar-refractivity contribution is 5.74. The summed E-state index contributed by atoms with van der Waals surface area (Å²) in [6, 6.07) is 0. The minimum atomic E-state index is -0.730. The van der Waals surface area contributed by atoms with Crippen LogP contribution in [0.4, 0.5) is 0 Å². The van der Waals surface area contributed by atoms with Gasteiger partial charge in [0.1, 0.15) is 12.6 Å². The molecule has 0 bridgehead atoms. The van der Waals surface area contributed by atoms with Gasteiger partial charge >= 0.3 is 0 Å². The fourth-order valence-corrected chi connectivity index (χ4v) is 6.46. The summed E-state index contributed by atoms with van der Waals surface area (Å²) >= 11 is 0. The van der Waals surface area contributed by atoms with E-state index < -0.39 is 11.5 Å². The van der Waals surface area contributed by atoms with E-state index in [0.717, 1.165) is 38.3 Å². The molecular weight excluding hydrogens is 288 g/mol. The third-order valence-electron chi connectivity index (χ3n) is 7.62. The smallest absolute Gasteiger partial charge is 0.145 e. The quantitative estimate of drug-likeness (QED) is 0.790. The molecule has 23 heavy (non-hydrogen) atoms. The average Bonchev–Trinajstić information content (AvgIpc) is 2.64. The normalized spacial score (nSPS) is 45.9. The van der Waals surface area contributed by atoms with Crippen molar-refractivity contribution in [1.29, 1.82) is 0 Å². The molecule has 1 N–H and O–H groups in total. The number of aliphatic hydroxyl groups excluding tert-OH is 1. The molecule has 0 saturated heterocycles. The Morgan fingerprint density at radius 1 is 1.13 bits per heavy atom. The molecule has 3 heteroatoms. The third kappa shape index (κ3) is 2.34. The second kappa shape index (κ2) is 5.54. The van der Waals surface area contributed by atoms with Crippen LogP contribution in [-0.2, 0) is 9.59 Å². The number of aldehydes is 2. The summed E-state index contributed by atoms with van der Waals surface area (Å²) in [6.45, 7) is 7.07. The number of carbonyl (C=O) groups is 2. The zero-order chi connectivity index (χ0) is 16.9. The van der Waals surface area contributed by atoms with Crippen molar-refractivity contribution in [2.24, 2.45) is 28.1 Å². The number of rotatable bonds is 2. The predicted molar refractivity (Wildman–Crippen MR) is 89.8 cm³/mol. The fraction of sp³-hybridized carbons (Fsp3) is 0.800. The lowest BCUT2D eigenvalue weighted by atomic mass is 9.42. The first-order valence-electron chi connectivity index (χ1n) is 9.09. The SMILES string of the molecule is CC1(C)CCC[C@@]2(C)C1CC[C@]1(C=O)C2CC=C(C=O)C[C@H]1O. The fourth-order valence-electron chi connectivity index (χ4n) is 6.46. The van der Waals surface area contributed by atoms with Gasteiger partial charge in [-0.3, -0.25) is 4.79 Å². The van der Waals surface area contributed by atoms with Gasteiger partial charge in [-0.25, -0.2) is 0 Å². The zero-order valence-electron chi connectivity index (χ0n) is 14.7. The minimum Gasteiger partial charge on any atom is -0.392 e. The molecule has 0 aromatic carbocycles. The molecule has 3 rings (SSSR count). The van der Waals surface area contributed by atoms with Crippen LogP contribution in [0.3, 0.4) is 0 Å². The van der Waals surface area contributed by atoms with Crippen LogP contribution >= 0.6 is 0 Å². The van der Waals surface area contributed by atoms with Gasteiger partial charge in [0, 0.05) is 6.42 Å². The lowest BCUT2D eigenvalue weighted by Gasteiger charge is -2.62. The number of hydrogen-bond donors (Lipinski definition) is 1. The molecule has 128 valence electrons. The summed E-state index contributed by atoms with van der Waals surface area (Å²) in [7, 11) is 0. The van der Waals surface area contributed by atoms with E-state index in [2.05, 4.69) is 20.8 Å². The molecule has 3 aliphatic rings. The molecule has 2 saturated carbocycles. The van der Waals surface area contributed by atoms with Gasteiger partial charge < -0.3 is 9.90 Å². The number of allylic oxidation sites excluding steroid dienone is 1. The Morgan fingerprint density at radius 3 is 2.52 bits per heavy atom. The summed E-state index contributed by atoms with van der Waals surface area (Å²) < 4.78 is 0. The topological polar surface area (TPSA) is 54.4 Å². The Morgan fingerprint density at radius 2 is 1.87 bits per heavy atom. The largest absolute Gasteiger partial charge is 0.392 e. The van der Waals surface area contributed by atoms with Gasteiger partial charge in [-0.05, 0) is 60.3 Å². The lowest BCUT2D eigenvalue weighted by molar-refractivity contribution is -0.170.